The van der Waals surface area contributed by atoms with Gasteiger partial charge >= 0.3 is 0 Å². The smallest absolute Gasteiger partial charge is 0.191 e. The zero-order chi connectivity index (χ0) is 21.9. The highest BCUT2D eigenvalue weighted by Crippen LogP contribution is 2.28. The number of ether oxygens (including phenoxy) is 2. The number of hydrogen-bond donors (Lipinski definition) is 2. The number of rotatable bonds is 10. The van der Waals surface area contributed by atoms with Crippen LogP contribution in [-0.4, -0.2) is 46.4 Å². The Hall–Kier alpha value is -2.42. The molecule has 1 aliphatic rings. The summed E-state index contributed by atoms with van der Waals surface area (Å²) in [5, 5.41) is 6.82. The first-order valence-electron chi connectivity index (χ1n) is 11.0. The number of nitrogens with one attached hydrogen (secondary N) is 2. The third-order valence-electron chi connectivity index (χ3n) is 5.24. The van der Waals surface area contributed by atoms with Crippen LogP contribution in [0.5, 0.6) is 11.5 Å². The molecule has 0 aromatic heterocycles. The number of nitrogens with zero attached hydrogens (tertiary/aromatic N) is 2. The van der Waals surface area contributed by atoms with E-state index in [4.69, 9.17) is 9.47 Å². The maximum Gasteiger partial charge on any atom is 0.191 e. The molecule has 0 unspecified atom stereocenters. The van der Waals surface area contributed by atoms with E-state index in [0.29, 0.717) is 6.61 Å². The van der Waals surface area contributed by atoms with Gasteiger partial charge in [0, 0.05) is 38.9 Å². The molecule has 0 bridgehead atoms. The molecule has 7 heteroatoms. The van der Waals surface area contributed by atoms with Crippen molar-refractivity contribution in [3.05, 3.63) is 65.7 Å². The van der Waals surface area contributed by atoms with Crippen LogP contribution in [0.15, 0.2) is 59.6 Å². The molecule has 3 rings (SSSR count). The Labute approximate surface area is 209 Å². The molecule has 0 saturated carbocycles. The lowest BCUT2D eigenvalue weighted by Crippen LogP contribution is -2.37. The minimum Gasteiger partial charge on any atom is -0.493 e. The fraction of sp³-hybridized carbons (Fsp3) is 0.400. The molecule has 0 atom stereocenters. The highest BCUT2D eigenvalue weighted by molar-refractivity contribution is 14.0. The Kier molecular flexibility index (Phi) is 11.2. The molecule has 0 radical (unpaired) electrons. The fourth-order valence-corrected chi connectivity index (χ4v) is 3.60. The van der Waals surface area contributed by atoms with Crippen LogP contribution in [-0.2, 0) is 13.0 Å². The molecule has 0 amide bonds. The number of benzene rings is 2. The van der Waals surface area contributed by atoms with Crippen molar-refractivity contribution in [2.75, 3.05) is 45.3 Å². The van der Waals surface area contributed by atoms with Gasteiger partial charge in [0.1, 0.15) is 0 Å². The third kappa shape index (κ3) is 7.62. The Morgan fingerprint density at radius 3 is 2.56 bits per heavy atom. The lowest BCUT2D eigenvalue weighted by Gasteiger charge is -2.19. The molecule has 1 aliphatic heterocycles. The monoisotopic (exact) mass is 550 g/mol. The molecule has 174 valence electrons. The maximum atomic E-state index is 5.67. The van der Waals surface area contributed by atoms with Crippen LogP contribution in [0.2, 0.25) is 0 Å². The van der Waals surface area contributed by atoms with Gasteiger partial charge in [-0.2, -0.15) is 0 Å². The number of halogens is 1. The molecule has 2 aromatic rings. The largest absolute Gasteiger partial charge is 0.493 e. The minimum atomic E-state index is 0. The Bertz CT molecular complexity index is 893. The minimum absolute atomic E-state index is 0. The summed E-state index contributed by atoms with van der Waals surface area (Å²) in [6.45, 7) is 6.16. The Balaban J connectivity index is 0.00000363. The van der Waals surface area contributed by atoms with Crippen molar-refractivity contribution in [3.8, 4) is 11.5 Å². The molecule has 2 N–H and O–H groups in total. The number of aliphatic imine (C=N–C) groups is 1. The SMILES string of the molecule is CCOc1cc(CCCNC(=NC)NCc2cccc(N3CC=CC3)c2)ccc1OC.I. The Morgan fingerprint density at radius 2 is 1.84 bits per heavy atom. The first-order valence-corrected chi connectivity index (χ1v) is 11.0. The van der Waals surface area contributed by atoms with Gasteiger partial charge in [-0.1, -0.05) is 30.4 Å². The summed E-state index contributed by atoms with van der Waals surface area (Å²) in [4.78, 5) is 6.70. The lowest BCUT2D eigenvalue weighted by atomic mass is 10.1. The van der Waals surface area contributed by atoms with Crippen LogP contribution >= 0.6 is 24.0 Å². The van der Waals surface area contributed by atoms with E-state index in [2.05, 4.69) is 69.1 Å². The van der Waals surface area contributed by atoms with E-state index in [1.54, 1.807) is 14.2 Å². The number of aryl methyl sites for hydroxylation is 1. The van der Waals surface area contributed by atoms with E-state index < -0.39 is 0 Å². The zero-order valence-electron chi connectivity index (χ0n) is 19.3. The average molecular weight is 550 g/mol. The van der Waals surface area contributed by atoms with Crippen LogP contribution in [0.4, 0.5) is 5.69 Å². The number of guanidine groups is 1. The van der Waals surface area contributed by atoms with E-state index in [9.17, 15) is 0 Å². The van der Waals surface area contributed by atoms with Crippen LogP contribution in [0.3, 0.4) is 0 Å². The molecule has 32 heavy (non-hydrogen) atoms. The van der Waals surface area contributed by atoms with Crippen LogP contribution in [0.25, 0.3) is 0 Å². The first kappa shape index (κ1) is 25.8. The molecule has 1 heterocycles. The van der Waals surface area contributed by atoms with Crippen LogP contribution in [0, 0.1) is 0 Å². The first-order chi connectivity index (χ1) is 15.2. The molecule has 0 aliphatic carbocycles. The summed E-state index contributed by atoms with van der Waals surface area (Å²) in [6.07, 6.45) is 6.37. The fourth-order valence-electron chi connectivity index (χ4n) is 3.60. The number of anilines is 1. The second-order valence-electron chi connectivity index (χ2n) is 7.42. The van der Waals surface area contributed by atoms with Crippen LogP contribution < -0.4 is 25.0 Å². The standard InChI is InChI=1S/C25H34N4O2.HI/c1-4-31-24-18-20(12-13-23(24)30-3)10-8-14-27-25(26-2)28-19-21-9-7-11-22(17-21)29-15-5-6-16-29;/h5-7,9,11-13,17-18H,4,8,10,14-16,19H2,1-3H3,(H2,26,27,28);1H. The molecular formula is C25H35IN4O2. The summed E-state index contributed by atoms with van der Waals surface area (Å²) in [5.74, 6) is 2.40. The number of hydrogen-bond acceptors (Lipinski definition) is 4. The predicted molar refractivity (Wildman–Crippen MR) is 144 cm³/mol. The van der Waals surface area contributed by atoms with Gasteiger partial charge in [-0.05, 0) is 55.2 Å². The van der Waals surface area contributed by atoms with Gasteiger partial charge in [0.15, 0.2) is 17.5 Å². The van der Waals surface area contributed by atoms with Crippen molar-refractivity contribution in [2.24, 2.45) is 4.99 Å². The van der Waals surface area contributed by atoms with E-state index in [0.717, 1.165) is 56.5 Å². The molecular weight excluding hydrogens is 515 g/mol. The van der Waals surface area contributed by atoms with E-state index in [1.165, 1.54) is 16.8 Å². The maximum absolute atomic E-state index is 5.67. The predicted octanol–water partition coefficient (Wildman–Crippen LogP) is 4.39. The normalized spacial score (nSPS) is 13.0. The van der Waals surface area contributed by atoms with Crippen molar-refractivity contribution in [1.29, 1.82) is 0 Å². The van der Waals surface area contributed by atoms with Gasteiger partial charge in [0.05, 0.1) is 13.7 Å². The van der Waals surface area contributed by atoms with Crippen molar-refractivity contribution in [2.45, 2.75) is 26.3 Å². The van der Waals surface area contributed by atoms with Gasteiger partial charge in [-0.3, -0.25) is 4.99 Å². The van der Waals surface area contributed by atoms with Gasteiger partial charge in [-0.15, -0.1) is 24.0 Å². The highest BCUT2D eigenvalue weighted by atomic mass is 127. The second kappa shape index (κ2) is 13.9. The van der Waals surface area contributed by atoms with Crippen molar-refractivity contribution in [3.63, 3.8) is 0 Å². The molecule has 0 fully saturated rings. The molecule has 0 saturated heterocycles. The average Bonchev–Trinajstić information content (AvgIpc) is 3.34. The van der Waals surface area contributed by atoms with Gasteiger partial charge in [0.2, 0.25) is 0 Å². The van der Waals surface area contributed by atoms with Gasteiger partial charge < -0.3 is 25.0 Å². The van der Waals surface area contributed by atoms with Crippen molar-refractivity contribution in [1.82, 2.24) is 10.6 Å². The van der Waals surface area contributed by atoms with E-state index >= 15 is 0 Å². The summed E-state index contributed by atoms with van der Waals surface area (Å²) >= 11 is 0. The Morgan fingerprint density at radius 1 is 1.03 bits per heavy atom. The molecule has 6 nitrogen and oxygen atoms in total. The quantitative estimate of drug-likeness (QED) is 0.151. The lowest BCUT2D eigenvalue weighted by molar-refractivity contribution is 0.310. The molecule has 0 spiro atoms. The summed E-state index contributed by atoms with van der Waals surface area (Å²) in [7, 11) is 3.47. The molecule has 2 aromatic carbocycles. The van der Waals surface area contributed by atoms with Gasteiger partial charge in [0.25, 0.3) is 0 Å². The van der Waals surface area contributed by atoms with Crippen molar-refractivity contribution < 1.29 is 9.47 Å². The topological polar surface area (TPSA) is 58.1 Å². The van der Waals surface area contributed by atoms with E-state index in [1.807, 2.05) is 13.0 Å². The zero-order valence-corrected chi connectivity index (χ0v) is 21.6. The summed E-state index contributed by atoms with van der Waals surface area (Å²) < 4.78 is 11.0. The highest BCUT2D eigenvalue weighted by Gasteiger charge is 2.08. The number of methoxy groups -OCH3 is 1. The van der Waals surface area contributed by atoms with Crippen molar-refractivity contribution >= 4 is 35.6 Å². The van der Waals surface area contributed by atoms with Gasteiger partial charge in [-0.25, -0.2) is 0 Å². The van der Waals surface area contributed by atoms with Crippen LogP contribution in [0.1, 0.15) is 24.5 Å². The summed E-state index contributed by atoms with van der Waals surface area (Å²) in [5.41, 5.74) is 3.74. The summed E-state index contributed by atoms with van der Waals surface area (Å²) in [6, 6.07) is 14.8. The third-order valence-corrected chi connectivity index (χ3v) is 5.24. The second-order valence-corrected chi connectivity index (χ2v) is 7.42. The van der Waals surface area contributed by atoms with E-state index in [-0.39, 0.29) is 24.0 Å².